The molecular weight excluding hydrogens is 216 g/mol. The molecule has 12 nitrogen and oxygen atoms in total. The fraction of sp³-hybridized carbons (Fsp3) is 0. The van der Waals surface area contributed by atoms with E-state index in [1.165, 1.54) is 0 Å². The van der Waals surface area contributed by atoms with E-state index in [1.54, 1.807) is 0 Å². The number of rotatable bonds is 4. The normalized spacial score (nSPS) is 9.60. The minimum absolute atomic E-state index is 0.0296. The van der Waals surface area contributed by atoms with Crippen LogP contribution in [0.15, 0.2) is 6.07 Å². The number of hydrogen-bond acceptors (Lipinski definition) is 7. The molecule has 0 N–H and O–H groups in total. The van der Waals surface area contributed by atoms with E-state index in [2.05, 4.69) is 10.6 Å². The summed E-state index contributed by atoms with van der Waals surface area (Å²) in [7, 11) is 0. The zero-order valence-corrected chi connectivity index (χ0v) is 6.71. The molecule has 0 unspecified atom stereocenters. The van der Waals surface area contributed by atoms with E-state index in [9.17, 15) is 30.3 Å². The van der Waals surface area contributed by atoms with Crippen molar-refractivity contribution in [2.75, 3.05) is 0 Å². The number of aromatic nitrogens is 2. The van der Waals surface area contributed by atoms with Crippen LogP contribution in [0, 0.1) is 30.3 Å². The summed E-state index contributed by atoms with van der Waals surface area (Å²) in [5.41, 5.74) is 2.47. The molecule has 0 aliphatic rings. The van der Waals surface area contributed by atoms with E-state index in [0.29, 0.717) is 6.07 Å². The van der Waals surface area contributed by atoms with E-state index < -0.39 is 26.5 Å². The SMILES string of the molecule is O=[N+]([O-])[N-]n1nc([N+](=O)[O-])cc1[N+](=O)[O-]. The molecule has 1 aromatic heterocycles. The van der Waals surface area contributed by atoms with Crippen LogP contribution in [0.3, 0.4) is 0 Å². The van der Waals surface area contributed by atoms with Crippen molar-refractivity contribution in [1.82, 2.24) is 9.89 Å². The van der Waals surface area contributed by atoms with Crippen molar-refractivity contribution in [1.29, 1.82) is 0 Å². The van der Waals surface area contributed by atoms with Gasteiger partial charge < -0.3 is 30.3 Å². The first kappa shape index (κ1) is 10.3. The predicted molar refractivity (Wildman–Crippen MR) is 41.3 cm³/mol. The quantitative estimate of drug-likeness (QED) is 0.507. The molecule has 0 atom stereocenters. The maximum atomic E-state index is 10.3. The lowest BCUT2D eigenvalue weighted by Crippen LogP contribution is -2.05. The maximum Gasteiger partial charge on any atom is 0.421 e. The summed E-state index contributed by atoms with van der Waals surface area (Å²) in [5.74, 6) is -1.86. The third kappa shape index (κ3) is 2.11. The van der Waals surface area contributed by atoms with Crippen LogP contribution in [-0.4, -0.2) is 24.8 Å². The van der Waals surface area contributed by atoms with Crippen LogP contribution in [0.1, 0.15) is 0 Å². The Bertz CT molecular complexity index is 436. The zero-order valence-electron chi connectivity index (χ0n) is 6.71. The van der Waals surface area contributed by atoms with Crippen molar-refractivity contribution in [3.63, 3.8) is 0 Å². The van der Waals surface area contributed by atoms with Crippen LogP contribution in [0.25, 0.3) is 5.53 Å². The zero-order chi connectivity index (χ0) is 11.6. The Balaban J connectivity index is 3.17. The van der Waals surface area contributed by atoms with Crippen molar-refractivity contribution >= 4 is 11.6 Å². The van der Waals surface area contributed by atoms with Gasteiger partial charge in [-0.05, 0) is 20.4 Å². The lowest BCUT2D eigenvalue weighted by molar-refractivity contribution is -0.442. The summed E-state index contributed by atoms with van der Waals surface area (Å²) in [5, 5.41) is 32.0. The average molecular weight is 217 g/mol. The highest BCUT2D eigenvalue weighted by Crippen LogP contribution is 2.20. The van der Waals surface area contributed by atoms with Gasteiger partial charge >= 0.3 is 11.6 Å². The van der Waals surface area contributed by atoms with Crippen molar-refractivity contribution in [3.8, 4) is 0 Å². The van der Waals surface area contributed by atoms with Gasteiger partial charge in [0, 0.05) is 4.79 Å². The molecule has 15 heavy (non-hydrogen) atoms. The standard InChI is InChI=1S/C3HN6O6/c10-7(11)2-1-3(8(12)13)6(4-2)5-9(14)15/h1H/q-1. The average Bonchev–Trinajstić information content (AvgIpc) is 2.46. The van der Waals surface area contributed by atoms with Crippen LogP contribution >= 0.6 is 0 Å². The number of hydrogen-bond donors (Lipinski definition) is 0. The molecule has 1 heterocycles. The van der Waals surface area contributed by atoms with Crippen molar-refractivity contribution in [2.45, 2.75) is 0 Å². The Hall–Kier alpha value is -2.79. The molecule has 1 aromatic rings. The maximum absolute atomic E-state index is 10.3. The second-order valence-electron chi connectivity index (χ2n) is 2.09. The molecule has 0 aliphatic carbocycles. The van der Waals surface area contributed by atoms with Crippen LogP contribution in [0.2, 0.25) is 0 Å². The summed E-state index contributed by atoms with van der Waals surface area (Å²) >= 11 is 0. The minimum atomic E-state index is -1.26. The monoisotopic (exact) mass is 217 g/mol. The molecule has 0 aliphatic heterocycles. The highest BCUT2D eigenvalue weighted by Gasteiger charge is 2.27. The summed E-state index contributed by atoms with van der Waals surface area (Å²) in [4.78, 5) is 28.2. The Morgan fingerprint density at radius 1 is 1.20 bits per heavy atom. The van der Waals surface area contributed by atoms with E-state index in [-0.39, 0.29) is 4.79 Å². The molecule has 0 saturated carbocycles. The van der Waals surface area contributed by atoms with Crippen molar-refractivity contribution < 1.29 is 14.9 Å². The lowest BCUT2D eigenvalue weighted by Gasteiger charge is -1.96. The molecule has 1 rings (SSSR count). The van der Waals surface area contributed by atoms with Gasteiger partial charge in [0.1, 0.15) is 6.07 Å². The summed E-state index contributed by atoms with van der Waals surface area (Å²) in [6.45, 7) is 0. The molecular formula is C3HN6O6-. The van der Waals surface area contributed by atoms with E-state index in [4.69, 9.17) is 0 Å². The Morgan fingerprint density at radius 3 is 2.20 bits per heavy atom. The molecule has 0 fully saturated rings. The number of nitrogens with zero attached hydrogens (tertiary/aromatic N) is 6. The fourth-order valence-electron chi connectivity index (χ4n) is 0.700. The molecule has 0 amide bonds. The van der Waals surface area contributed by atoms with Crippen LogP contribution in [0.4, 0.5) is 11.6 Å². The second-order valence-corrected chi connectivity index (χ2v) is 2.09. The van der Waals surface area contributed by atoms with Crippen LogP contribution < -0.4 is 0 Å². The molecule has 80 valence electrons. The molecule has 0 saturated heterocycles. The smallest absolute Gasteiger partial charge is 0.358 e. The third-order valence-corrected chi connectivity index (χ3v) is 1.19. The highest BCUT2D eigenvalue weighted by atomic mass is 16.7. The van der Waals surface area contributed by atoms with Gasteiger partial charge in [-0.15, -0.1) is 0 Å². The molecule has 0 spiro atoms. The van der Waals surface area contributed by atoms with Gasteiger partial charge in [-0.1, -0.05) is 0 Å². The summed E-state index contributed by atoms with van der Waals surface area (Å²) in [6.07, 6.45) is 0. The van der Waals surface area contributed by atoms with Gasteiger partial charge in [0.05, 0.1) is 0 Å². The summed E-state index contributed by atoms with van der Waals surface area (Å²) in [6, 6.07) is 0.465. The van der Waals surface area contributed by atoms with Crippen molar-refractivity contribution in [2.24, 2.45) is 0 Å². The number of nitro groups is 3. The summed E-state index contributed by atoms with van der Waals surface area (Å²) < 4.78 is 0. The Labute approximate surface area is 79.5 Å². The van der Waals surface area contributed by atoms with Gasteiger partial charge in [0.25, 0.3) is 0 Å². The van der Waals surface area contributed by atoms with Gasteiger partial charge in [-0.3, -0.25) is 0 Å². The lowest BCUT2D eigenvalue weighted by atomic mass is 10.6. The molecule has 12 heteroatoms. The Kier molecular flexibility index (Phi) is 2.42. The fourth-order valence-corrected chi connectivity index (χ4v) is 0.700. The Morgan fingerprint density at radius 2 is 1.80 bits per heavy atom. The van der Waals surface area contributed by atoms with E-state index in [1.807, 2.05) is 0 Å². The largest absolute Gasteiger partial charge is 0.421 e. The highest BCUT2D eigenvalue weighted by molar-refractivity contribution is 5.32. The van der Waals surface area contributed by atoms with Crippen molar-refractivity contribution in [3.05, 3.63) is 41.9 Å². The van der Waals surface area contributed by atoms with Gasteiger partial charge in [0.2, 0.25) is 0 Å². The van der Waals surface area contributed by atoms with E-state index >= 15 is 0 Å². The first-order valence-corrected chi connectivity index (χ1v) is 3.17. The molecule has 0 radical (unpaired) electrons. The molecule has 0 bridgehead atoms. The van der Waals surface area contributed by atoms with Crippen LogP contribution in [0.5, 0.6) is 0 Å². The van der Waals surface area contributed by atoms with Gasteiger partial charge in [-0.2, -0.15) is 0 Å². The van der Waals surface area contributed by atoms with E-state index in [0.717, 1.165) is 0 Å². The topological polar surface area (TPSA) is 161 Å². The van der Waals surface area contributed by atoms with Gasteiger partial charge in [-0.25, -0.2) is 0 Å². The first-order valence-electron chi connectivity index (χ1n) is 3.17. The molecule has 0 aromatic carbocycles. The first-order chi connectivity index (χ1) is 6.91. The third-order valence-electron chi connectivity index (χ3n) is 1.19. The minimum Gasteiger partial charge on any atom is -0.358 e. The predicted octanol–water partition coefficient (Wildman–Crippen LogP) is 0.0280. The second kappa shape index (κ2) is 3.52. The van der Waals surface area contributed by atoms with Gasteiger partial charge in [0.15, 0.2) is 5.10 Å². The van der Waals surface area contributed by atoms with Crippen LogP contribution in [-0.2, 0) is 0 Å².